The van der Waals surface area contributed by atoms with Crippen LogP contribution < -0.4 is 4.74 Å². The maximum atomic E-state index is 12.8. The van der Waals surface area contributed by atoms with Gasteiger partial charge in [-0.1, -0.05) is 6.92 Å². The smallest absolute Gasteiger partial charge is 0.123 e. The van der Waals surface area contributed by atoms with Crippen LogP contribution in [0.15, 0.2) is 24.3 Å². The Kier molecular flexibility index (Phi) is 7.27. The molecule has 1 aliphatic heterocycles. The minimum absolute atomic E-state index is 0.227. The summed E-state index contributed by atoms with van der Waals surface area (Å²) in [4.78, 5) is 4.75. The first kappa shape index (κ1) is 18.2. The van der Waals surface area contributed by atoms with Crippen molar-refractivity contribution < 1.29 is 14.2 Å². The number of nitrogens with zero attached hydrogens (tertiary/aromatic N) is 2. The average Bonchev–Trinajstić information content (AvgIpc) is 2.55. The highest BCUT2D eigenvalue weighted by atomic mass is 19.1. The molecule has 1 heterocycles. The molecule has 0 bridgehead atoms. The number of aliphatic hydroxyl groups is 1. The van der Waals surface area contributed by atoms with Crippen LogP contribution >= 0.6 is 0 Å². The third kappa shape index (κ3) is 6.09. The Morgan fingerprint density at radius 1 is 1.30 bits per heavy atom. The van der Waals surface area contributed by atoms with Crippen molar-refractivity contribution in [2.24, 2.45) is 0 Å². The number of ether oxygens (including phenoxy) is 1. The molecule has 1 saturated heterocycles. The Bertz CT molecular complexity index is 447. The van der Waals surface area contributed by atoms with Crippen LogP contribution in [0.3, 0.4) is 0 Å². The average molecular weight is 324 g/mol. The third-order valence-electron chi connectivity index (χ3n) is 4.48. The quantitative estimate of drug-likeness (QED) is 0.796. The van der Waals surface area contributed by atoms with E-state index in [4.69, 9.17) is 4.74 Å². The molecule has 4 nitrogen and oxygen atoms in total. The van der Waals surface area contributed by atoms with Crippen LogP contribution in [-0.2, 0) is 0 Å². The molecule has 1 aromatic carbocycles. The summed E-state index contributed by atoms with van der Waals surface area (Å²) in [5.74, 6) is 0.299. The number of likely N-dealkylation sites (tertiary alicyclic amines) is 1. The van der Waals surface area contributed by atoms with Crippen molar-refractivity contribution in [2.45, 2.75) is 38.3 Å². The van der Waals surface area contributed by atoms with Gasteiger partial charge in [-0.2, -0.15) is 0 Å². The number of halogens is 1. The maximum absolute atomic E-state index is 12.8. The number of rotatable bonds is 8. The van der Waals surface area contributed by atoms with Gasteiger partial charge in [0.1, 0.15) is 24.3 Å². The SMILES string of the molecule is CCCN1CCC(N(C)CC(O)COc2ccc(F)cc2)CC1. The van der Waals surface area contributed by atoms with Crippen molar-refractivity contribution in [1.29, 1.82) is 0 Å². The van der Waals surface area contributed by atoms with Gasteiger partial charge in [0.25, 0.3) is 0 Å². The van der Waals surface area contributed by atoms with Crippen molar-refractivity contribution in [2.75, 3.05) is 39.8 Å². The monoisotopic (exact) mass is 324 g/mol. The molecule has 2 rings (SSSR count). The van der Waals surface area contributed by atoms with E-state index in [9.17, 15) is 9.50 Å². The molecule has 130 valence electrons. The lowest BCUT2D eigenvalue weighted by atomic mass is 10.0. The standard InChI is InChI=1S/C18H29FN2O2/c1-3-10-21-11-8-16(9-12-21)20(2)13-17(22)14-23-18-6-4-15(19)5-7-18/h4-7,16-17,22H,3,8-14H2,1-2H3. The summed E-state index contributed by atoms with van der Waals surface area (Å²) < 4.78 is 18.3. The van der Waals surface area contributed by atoms with Gasteiger partial charge in [-0.05, 0) is 70.2 Å². The largest absolute Gasteiger partial charge is 0.491 e. The van der Waals surface area contributed by atoms with Gasteiger partial charge in [0.2, 0.25) is 0 Å². The molecule has 0 radical (unpaired) electrons. The fourth-order valence-corrected chi connectivity index (χ4v) is 3.16. The fraction of sp³-hybridized carbons (Fsp3) is 0.667. The molecule has 1 unspecified atom stereocenters. The summed E-state index contributed by atoms with van der Waals surface area (Å²) in [6, 6.07) is 6.41. The molecule has 1 aliphatic rings. The molecule has 0 spiro atoms. The van der Waals surface area contributed by atoms with Crippen LogP contribution in [0.4, 0.5) is 4.39 Å². The Balaban J connectivity index is 1.68. The summed E-state index contributed by atoms with van der Waals surface area (Å²) >= 11 is 0. The van der Waals surface area contributed by atoms with E-state index in [2.05, 4.69) is 23.8 Å². The minimum Gasteiger partial charge on any atom is -0.491 e. The summed E-state index contributed by atoms with van der Waals surface area (Å²) in [7, 11) is 2.07. The van der Waals surface area contributed by atoms with Crippen molar-refractivity contribution in [3.63, 3.8) is 0 Å². The highest BCUT2D eigenvalue weighted by molar-refractivity contribution is 5.22. The Hall–Kier alpha value is -1.17. The maximum Gasteiger partial charge on any atom is 0.123 e. The second kappa shape index (κ2) is 9.21. The molecular weight excluding hydrogens is 295 g/mol. The van der Waals surface area contributed by atoms with Gasteiger partial charge < -0.3 is 19.6 Å². The van der Waals surface area contributed by atoms with Gasteiger partial charge in [-0.15, -0.1) is 0 Å². The van der Waals surface area contributed by atoms with Gasteiger partial charge in [0.05, 0.1) is 0 Å². The Morgan fingerprint density at radius 3 is 2.57 bits per heavy atom. The second-order valence-corrected chi connectivity index (χ2v) is 6.43. The predicted molar refractivity (Wildman–Crippen MR) is 90.3 cm³/mol. The number of hydrogen-bond donors (Lipinski definition) is 1. The van der Waals surface area contributed by atoms with Gasteiger partial charge in [-0.3, -0.25) is 0 Å². The summed E-state index contributed by atoms with van der Waals surface area (Å²) in [5.41, 5.74) is 0. The fourth-order valence-electron chi connectivity index (χ4n) is 3.16. The van der Waals surface area contributed by atoms with E-state index in [0.717, 1.165) is 25.9 Å². The topological polar surface area (TPSA) is 35.9 Å². The minimum atomic E-state index is -0.543. The zero-order valence-electron chi connectivity index (χ0n) is 14.2. The lowest BCUT2D eigenvalue weighted by molar-refractivity contribution is 0.0472. The highest BCUT2D eigenvalue weighted by Crippen LogP contribution is 2.16. The molecular formula is C18H29FN2O2. The van der Waals surface area contributed by atoms with Crippen LogP contribution in [-0.4, -0.2) is 66.9 Å². The molecule has 1 aromatic rings. The van der Waals surface area contributed by atoms with Gasteiger partial charge in [0.15, 0.2) is 0 Å². The Labute approximate surface area is 138 Å². The molecule has 0 aliphatic carbocycles. The van der Waals surface area contributed by atoms with Crippen molar-refractivity contribution >= 4 is 0 Å². The molecule has 5 heteroatoms. The van der Waals surface area contributed by atoms with Crippen LogP contribution in [0.25, 0.3) is 0 Å². The first-order valence-electron chi connectivity index (χ1n) is 8.57. The summed E-state index contributed by atoms with van der Waals surface area (Å²) in [5, 5.41) is 10.2. The first-order valence-corrected chi connectivity index (χ1v) is 8.57. The summed E-state index contributed by atoms with van der Waals surface area (Å²) in [6.45, 7) is 6.51. The predicted octanol–water partition coefficient (Wildman–Crippen LogP) is 2.37. The highest BCUT2D eigenvalue weighted by Gasteiger charge is 2.23. The van der Waals surface area contributed by atoms with Crippen molar-refractivity contribution in [3.8, 4) is 5.75 Å². The van der Waals surface area contributed by atoms with Crippen LogP contribution in [0.2, 0.25) is 0 Å². The molecule has 0 aromatic heterocycles. The number of piperidine rings is 1. The van der Waals surface area contributed by atoms with Gasteiger partial charge >= 0.3 is 0 Å². The molecule has 0 amide bonds. The van der Waals surface area contributed by atoms with Crippen LogP contribution in [0, 0.1) is 5.82 Å². The Morgan fingerprint density at radius 2 is 1.96 bits per heavy atom. The summed E-state index contributed by atoms with van der Waals surface area (Å²) in [6.07, 6.45) is 2.98. The molecule has 1 atom stereocenters. The van der Waals surface area contributed by atoms with Gasteiger partial charge in [0, 0.05) is 12.6 Å². The van der Waals surface area contributed by atoms with Crippen LogP contribution in [0.5, 0.6) is 5.75 Å². The zero-order chi connectivity index (χ0) is 16.7. The third-order valence-corrected chi connectivity index (χ3v) is 4.48. The normalized spacial score (nSPS) is 18.3. The van der Waals surface area contributed by atoms with E-state index >= 15 is 0 Å². The molecule has 1 N–H and O–H groups in total. The molecule has 0 saturated carbocycles. The van der Waals surface area contributed by atoms with Gasteiger partial charge in [-0.25, -0.2) is 4.39 Å². The lowest BCUT2D eigenvalue weighted by Gasteiger charge is -2.37. The number of aliphatic hydroxyl groups excluding tert-OH is 1. The van der Waals surface area contributed by atoms with E-state index < -0.39 is 6.10 Å². The molecule has 1 fully saturated rings. The van der Waals surface area contributed by atoms with E-state index in [1.807, 2.05) is 0 Å². The lowest BCUT2D eigenvalue weighted by Crippen LogP contribution is -2.46. The second-order valence-electron chi connectivity index (χ2n) is 6.43. The van der Waals surface area contributed by atoms with Crippen molar-refractivity contribution in [1.82, 2.24) is 9.80 Å². The van der Waals surface area contributed by atoms with E-state index in [1.165, 1.54) is 25.1 Å². The number of benzene rings is 1. The van der Waals surface area contributed by atoms with E-state index in [1.54, 1.807) is 12.1 Å². The van der Waals surface area contributed by atoms with Crippen LogP contribution in [0.1, 0.15) is 26.2 Å². The zero-order valence-corrected chi connectivity index (χ0v) is 14.2. The van der Waals surface area contributed by atoms with E-state index in [0.29, 0.717) is 18.3 Å². The van der Waals surface area contributed by atoms with Crippen molar-refractivity contribution in [3.05, 3.63) is 30.1 Å². The number of hydrogen-bond acceptors (Lipinski definition) is 4. The number of likely N-dealkylation sites (N-methyl/N-ethyl adjacent to an activating group) is 1. The molecule has 23 heavy (non-hydrogen) atoms. The first-order chi connectivity index (χ1) is 11.1. The van der Waals surface area contributed by atoms with E-state index in [-0.39, 0.29) is 12.4 Å².